The van der Waals surface area contributed by atoms with Crippen LogP contribution in [0.15, 0.2) is 6.33 Å². The quantitative estimate of drug-likeness (QED) is 0.695. The van der Waals surface area contributed by atoms with Gasteiger partial charge in [0.05, 0.1) is 29.5 Å². The summed E-state index contributed by atoms with van der Waals surface area (Å²) in [5.41, 5.74) is 0.869. The molecular formula is C18H28N4O3S. The number of carbonyl (C=O) groups is 1. The van der Waals surface area contributed by atoms with Crippen LogP contribution in [0.4, 0.5) is 5.82 Å². The number of rotatable bonds is 9. The Morgan fingerprint density at radius 3 is 2.73 bits per heavy atom. The predicted octanol–water partition coefficient (Wildman–Crippen LogP) is 2.68. The summed E-state index contributed by atoms with van der Waals surface area (Å²) in [5.74, 6) is 0.648. The van der Waals surface area contributed by atoms with Gasteiger partial charge in [-0.05, 0) is 32.8 Å². The van der Waals surface area contributed by atoms with Gasteiger partial charge in [0.15, 0.2) is 0 Å². The van der Waals surface area contributed by atoms with Gasteiger partial charge in [-0.3, -0.25) is 4.79 Å². The summed E-state index contributed by atoms with van der Waals surface area (Å²) in [6.45, 7) is 8.73. The zero-order chi connectivity index (χ0) is 19.3. The molecule has 0 spiro atoms. The second kappa shape index (κ2) is 9.25. The van der Waals surface area contributed by atoms with Gasteiger partial charge >= 0.3 is 0 Å². The van der Waals surface area contributed by atoms with Gasteiger partial charge in [-0.2, -0.15) is 0 Å². The van der Waals surface area contributed by atoms with Gasteiger partial charge in [-0.25, -0.2) is 9.97 Å². The molecule has 2 heterocycles. The van der Waals surface area contributed by atoms with E-state index in [1.165, 1.54) is 17.7 Å². The number of ether oxygens (including phenoxy) is 1. The standard InChI is InChI=1S/C18H28N4O3S/c1-6-13(9-25-5)21-16-14-12(4)15(26-17(14)20-10-19-16)18(24)22(7-8-23)11(2)3/h10-11,13,23H,6-9H2,1-5H3,(H,19,20,21)/t13-/m0/s1. The van der Waals surface area contributed by atoms with Crippen molar-refractivity contribution in [2.45, 2.75) is 46.2 Å². The van der Waals surface area contributed by atoms with Crippen LogP contribution in [-0.2, 0) is 4.74 Å². The van der Waals surface area contributed by atoms with Gasteiger partial charge in [-0.15, -0.1) is 11.3 Å². The largest absolute Gasteiger partial charge is 0.395 e. The molecule has 2 N–H and O–H groups in total. The van der Waals surface area contributed by atoms with Crippen molar-refractivity contribution in [3.63, 3.8) is 0 Å². The molecule has 0 aliphatic carbocycles. The van der Waals surface area contributed by atoms with Gasteiger partial charge in [0, 0.05) is 19.7 Å². The molecule has 7 nitrogen and oxygen atoms in total. The molecule has 2 aromatic rings. The third kappa shape index (κ3) is 4.31. The second-order valence-electron chi connectivity index (χ2n) is 6.48. The number of hydrogen-bond acceptors (Lipinski definition) is 7. The van der Waals surface area contributed by atoms with Crippen molar-refractivity contribution in [1.82, 2.24) is 14.9 Å². The van der Waals surface area contributed by atoms with E-state index in [1.807, 2.05) is 20.8 Å². The Labute approximate surface area is 158 Å². The highest BCUT2D eigenvalue weighted by atomic mass is 32.1. The van der Waals surface area contributed by atoms with Crippen LogP contribution in [0.5, 0.6) is 0 Å². The van der Waals surface area contributed by atoms with Crippen molar-refractivity contribution in [3.05, 3.63) is 16.8 Å². The van der Waals surface area contributed by atoms with Crippen molar-refractivity contribution in [1.29, 1.82) is 0 Å². The van der Waals surface area contributed by atoms with Crippen LogP contribution in [0.2, 0.25) is 0 Å². The molecule has 26 heavy (non-hydrogen) atoms. The number of anilines is 1. The van der Waals surface area contributed by atoms with E-state index in [4.69, 9.17) is 4.74 Å². The maximum Gasteiger partial charge on any atom is 0.264 e. The number of aryl methyl sites for hydroxylation is 1. The highest BCUT2D eigenvalue weighted by Crippen LogP contribution is 2.34. The van der Waals surface area contributed by atoms with Crippen molar-refractivity contribution < 1.29 is 14.6 Å². The summed E-state index contributed by atoms with van der Waals surface area (Å²) in [6.07, 6.45) is 2.41. The number of aliphatic hydroxyl groups is 1. The molecule has 0 saturated carbocycles. The lowest BCUT2D eigenvalue weighted by Crippen LogP contribution is -2.38. The highest BCUT2D eigenvalue weighted by molar-refractivity contribution is 7.20. The van der Waals surface area contributed by atoms with Gasteiger partial charge in [-0.1, -0.05) is 6.92 Å². The van der Waals surface area contributed by atoms with Crippen molar-refractivity contribution in [2.24, 2.45) is 0 Å². The van der Waals surface area contributed by atoms with Gasteiger partial charge in [0.1, 0.15) is 17.0 Å². The summed E-state index contributed by atoms with van der Waals surface area (Å²) >= 11 is 1.37. The lowest BCUT2D eigenvalue weighted by atomic mass is 10.1. The van der Waals surface area contributed by atoms with E-state index in [1.54, 1.807) is 12.0 Å². The number of thiophene rings is 1. The van der Waals surface area contributed by atoms with Crippen LogP contribution in [0.1, 0.15) is 42.4 Å². The highest BCUT2D eigenvalue weighted by Gasteiger charge is 2.25. The number of amides is 1. The Balaban J connectivity index is 2.44. The molecule has 0 fully saturated rings. The monoisotopic (exact) mass is 380 g/mol. The van der Waals surface area contributed by atoms with Crippen LogP contribution in [0.3, 0.4) is 0 Å². The van der Waals surface area contributed by atoms with E-state index in [0.29, 0.717) is 18.0 Å². The van der Waals surface area contributed by atoms with Gasteiger partial charge in [0.25, 0.3) is 5.91 Å². The fourth-order valence-electron chi connectivity index (χ4n) is 2.87. The summed E-state index contributed by atoms with van der Waals surface area (Å²) in [6, 6.07) is 0.146. The van der Waals surface area contributed by atoms with Crippen molar-refractivity contribution in [2.75, 3.05) is 32.2 Å². The molecule has 0 bridgehead atoms. The Kier molecular flexibility index (Phi) is 7.31. The number of nitrogens with one attached hydrogen (secondary N) is 1. The average molecular weight is 381 g/mol. The van der Waals surface area contributed by atoms with Crippen LogP contribution in [0, 0.1) is 6.92 Å². The molecular weight excluding hydrogens is 352 g/mol. The second-order valence-corrected chi connectivity index (χ2v) is 7.48. The van der Waals surface area contributed by atoms with E-state index < -0.39 is 0 Å². The van der Waals surface area contributed by atoms with Crippen LogP contribution < -0.4 is 5.32 Å². The van der Waals surface area contributed by atoms with E-state index in [9.17, 15) is 9.90 Å². The molecule has 0 aliphatic rings. The van der Waals surface area contributed by atoms with Crippen LogP contribution >= 0.6 is 11.3 Å². The van der Waals surface area contributed by atoms with Crippen molar-refractivity contribution >= 4 is 33.3 Å². The van der Waals surface area contributed by atoms with E-state index >= 15 is 0 Å². The van der Waals surface area contributed by atoms with E-state index in [-0.39, 0.29) is 24.6 Å². The minimum Gasteiger partial charge on any atom is -0.395 e. The van der Waals surface area contributed by atoms with E-state index in [2.05, 4.69) is 22.2 Å². The number of aliphatic hydroxyl groups excluding tert-OH is 1. The summed E-state index contributed by atoms with van der Waals surface area (Å²) in [7, 11) is 1.67. The molecule has 0 saturated heterocycles. The third-order valence-electron chi connectivity index (χ3n) is 4.35. The zero-order valence-corrected chi connectivity index (χ0v) is 16.9. The number of fused-ring (bicyclic) bond motifs is 1. The first-order valence-corrected chi connectivity index (χ1v) is 9.67. The third-order valence-corrected chi connectivity index (χ3v) is 5.54. The molecule has 8 heteroatoms. The van der Waals surface area contributed by atoms with Crippen LogP contribution in [-0.4, -0.2) is 64.8 Å². The molecule has 0 unspecified atom stereocenters. The summed E-state index contributed by atoms with van der Waals surface area (Å²) < 4.78 is 5.25. The first-order valence-electron chi connectivity index (χ1n) is 8.85. The minimum absolute atomic E-state index is 0.00844. The Bertz CT molecular complexity index is 747. The van der Waals surface area contributed by atoms with Crippen molar-refractivity contribution in [3.8, 4) is 0 Å². The first-order chi connectivity index (χ1) is 12.4. The molecule has 1 amide bonds. The Hall–Kier alpha value is -1.77. The fraction of sp³-hybridized carbons (Fsp3) is 0.611. The average Bonchev–Trinajstić information content (AvgIpc) is 2.96. The summed E-state index contributed by atoms with van der Waals surface area (Å²) in [5, 5.41) is 13.6. The van der Waals surface area contributed by atoms with Gasteiger partial charge in [0.2, 0.25) is 0 Å². The molecule has 0 aliphatic heterocycles. The Morgan fingerprint density at radius 2 is 2.15 bits per heavy atom. The van der Waals surface area contributed by atoms with E-state index in [0.717, 1.165) is 28.0 Å². The number of methoxy groups -OCH3 is 1. The molecule has 2 aromatic heterocycles. The molecule has 144 valence electrons. The number of nitrogens with zero attached hydrogens (tertiary/aromatic N) is 3. The lowest BCUT2D eigenvalue weighted by Gasteiger charge is -2.25. The molecule has 1 atom stereocenters. The number of aromatic nitrogens is 2. The lowest BCUT2D eigenvalue weighted by molar-refractivity contribution is 0.0670. The fourth-order valence-corrected chi connectivity index (χ4v) is 3.98. The smallest absolute Gasteiger partial charge is 0.264 e. The molecule has 0 aromatic carbocycles. The maximum atomic E-state index is 13.0. The first kappa shape index (κ1) is 20.5. The predicted molar refractivity (Wildman–Crippen MR) is 105 cm³/mol. The van der Waals surface area contributed by atoms with Gasteiger partial charge < -0.3 is 20.1 Å². The molecule has 2 rings (SSSR count). The number of carbonyl (C=O) groups excluding carboxylic acids is 1. The molecule has 0 radical (unpaired) electrons. The maximum absolute atomic E-state index is 13.0. The Morgan fingerprint density at radius 1 is 1.42 bits per heavy atom. The SMILES string of the molecule is CC[C@@H](COC)Nc1ncnc2sc(C(=O)N(CCO)C(C)C)c(C)c12. The van der Waals surface area contributed by atoms with Crippen LogP contribution in [0.25, 0.3) is 10.2 Å². The topological polar surface area (TPSA) is 87.6 Å². The summed E-state index contributed by atoms with van der Waals surface area (Å²) in [4.78, 5) is 24.8. The number of hydrogen-bond donors (Lipinski definition) is 2. The zero-order valence-electron chi connectivity index (χ0n) is 16.1. The minimum atomic E-state index is -0.0792. The normalized spacial score (nSPS) is 12.6.